The van der Waals surface area contributed by atoms with Crippen LogP contribution in [0.15, 0.2) is 331 Å². The van der Waals surface area contributed by atoms with E-state index in [-0.39, 0.29) is 11.8 Å². The molecule has 0 atom stereocenters. The van der Waals surface area contributed by atoms with Gasteiger partial charge >= 0.3 is 0 Å². The van der Waals surface area contributed by atoms with Crippen LogP contribution in [0.3, 0.4) is 0 Å². The van der Waals surface area contributed by atoms with Crippen molar-refractivity contribution in [2.75, 3.05) is 49.4 Å². The number of hydrogen-bond acceptors (Lipinski definition) is 8. The monoisotopic (exact) mass is 1500 g/mol. The quantitative estimate of drug-likeness (QED) is 0.0350. The molecule has 0 aliphatic heterocycles. The number of hydrogen-bond donors (Lipinski definition) is 0. The summed E-state index contributed by atoms with van der Waals surface area (Å²) in [4.78, 5) is 4.74. The Morgan fingerprint density at radius 3 is 0.579 bits per heavy atom. The van der Waals surface area contributed by atoms with Crippen molar-refractivity contribution in [3.05, 3.63) is 431 Å². The maximum atomic E-state index is 6.43. The Morgan fingerprint density at radius 2 is 0.377 bits per heavy atom. The van der Waals surface area contributed by atoms with E-state index in [9.17, 15) is 0 Å². The Kier molecular flexibility index (Phi) is 31.6. The maximum Gasteiger partial charge on any atom is 0.0717 e. The summed E-state index contributed by atoms with van der Waals surface area (Å²) in [5, 5.41) is 0. The third-order valence-corrected chi connectivity index (χ3v) is 20.7. The molecule has 0 saturated heterocycles. The van der Waals surface area contributed by atoms with Gasteiger partial charge in [0.25, 0.3) is 0 Å². The van der Waals surface area contributed by atoms with E-state index >= 15 is 0 Å². The smallest absolute Gasteiger partial charge is 0.0717 e. The van der Waals surface area contributed by atoms with Crippen LogP contribution in [0.4, 0.5) is 34.1 Å². The van der Waals surface area contributed by atoms with E-state index in [1.54, 1.807) is 0 Å². The lowest BCUT2D eigenvalue weighted by Gasteiger charge is -2.26. The van der Waals surface area contributed by atoms with Gasteiger partial charge in [-0.15, -0.1) is 0 Å². The lowest BCUT2D eigenvalue weighted by atomic mass is 9.99. The molecule has 0 bridgehead atoms. The molecular formula is C106H108N2O6. The summed E-state index contributed by atoms with van der Waals surface area (Å²) in [6.45, 7) is 30.3. The Balaban J connectivity index is 0.737. The normalized spacial score (nSPS) is 11.2. The summed E-state index contributed by atoms with van der Waals surface area (Å²) in [5.74, 6) is 0.253. The van der Waals surface area contributed by atoms with Crippen LogP contribution >= 0.6 is 0 Å². The average Bonchev–Trinajstić information content (AvgIpc) is 0.806. The van der Waals surface area contributed by atoms with Gasteiger partial charge in [-0.3, -0.25) is 0 Å². The van der Waals surface area contributed by atoms with Crippen LogP contribution in [-0.4, -0.2) is 39.6 Å². The first kappa shape index (κ1) is 81.9. The van der Waals surface area contributed by atoms with E-state index in [1.807, 2.05) is 36.5 Å². The molecule has 8 heteroatoms. The Bertz CT molecular complexity index is 4470. The van der Waals surface area contributed by atoms with Gasteiger partial charge in [0.15, 0.2) is 0 Å². The largest absolute Gasteiger partial charge is 0.377 e. The van der Waals surface area contributed by atoms with E-state index in [0.29, 0.717) is 79.3 Å². The van der Waals surface area contributed by atoms with E-state index in [2.05, 4.69) is 340 Å². The highest BCUT2D eigenvalue weighted by Gasteiger charge is 2.19. The van der Waals surface area contributed by atoms with Gasteiger partial charge < -0.3 is 38.2 Å². The van der Waals surface area contributed by atoms with Gasteiger partial charge in [-0.2, -0.15) is 0 Å². The molecule has 0 amide bonds. The van der Waals surface area contributed by atoms with Crippen LogP contribution in [0, 0.1) is 11.8 Å². The first-order valence-electron chi connectivity index (χ1n) is 40.0. The number of aryl methyl sites for hydroxylation is 4. The van der Waals surface area contributed by atoms with Crippen LogP contribution in [0.1, 0.15) is 113 Å². The number of ether oxygens (including phenoxy) is 6. The van der Waals surface area contributed by atoms with Crippen molar-refractivity contribution in [1.29, 1.82) is 0 Å². The van der Waals surface area contributed by atoms with Crippen molar-refractivity contribution < 1.29 is 28.4 Å². The molecule has 0 unspecified atom stereocenters. The fourth-order valence-electron chi connectivity index (χ4n) is 14.0. The summed E-state index contributed by atoms with van der Waals surface area (Å²) in [5.41, 5.74) is 27.4. The van der Waals surface area contributed by atoms with E-state index < -0.39 is 0 Å². The Hall–Kier alpha value is -11.6. The van der Waals surface area contributed by atoms with Gasteiger partial charge in [-0.05, 0) is 224 Å². The average molecular weight is 1510 g/mol. The predicted octanol–water partition coefficient (Wildman–Crippen LogP) is 25.8. The predicted molar refractivity (Wildman–Crippen MR) is 478 cm³/mol. The lowest BCUT2D eigenvalue weighted by molar-refractivity contribution is 0.0271. The SMILES string of the molecule is C=Cc1ccc(COCCCc2ccc(N(c3ccc(CCc4ccc(N(c5ccc(CCCOCc6ccc(C=C)cc6)cc5)c5ccc(CC(COCc6ccc(C=C)cc6)COCc6ccc(C=C)cc6)cc5)cc4)cc3)c3ccc(CC(COCc4ccc(C=C)cc4)COCc4ccc(C=C)cc4)cc3)cc2)cc1. The minimum atomic E-state index is 0.126. The second-order valence-electron chi connectivity index (χ2n) is 29.4. The number of benzene rings is 12. The second-order valence-corrected chi connectivity index (χ2v) is 29.4. The molecule has 0 fully saturated rings. The van der Waals surface area contributed by atoms with Crippen LogP contribution in [0.25, 0.3) is 36.5 Å². The summed E-state index contributed by atoms with van der Waals surface area (Å²) >= 11 is 0. The van der Waals surface area contributed by atoms with Crippen molar-refractivity contribution in [1.82, 2.24) is 0 Å². The highest BCUT2D eigenvalue weighted by Crippen LogP contribution is 2.38. The molecule has 12 aromatic rings. The molecule has 12 aromatic carbocycles. The standard InChI is InChI=1S/C106H108N2O6/c1-7-81-17-31-93(32-18-81)71-109-67-13-15-87-43-55-101(56-44-87)107(105-63-51-91(52-64-105)69-99(77-111-73-95-35-21-83(9-3)22-36-95)78-112-74-96-37-23-84(10-4)24-38-96)103-59-47-89(48-60-103)29-30-90-49-61-104(62-50-90)108(102-57-45-88(46-58-102)16-14-68-110-72-94-33-19-82(8-2)20-34-94)106-65-53-92(54-66-106)70-100(79-113-75-97-39-25-85(11-5)26-40-97)80-114-76-98-41-27-86(12-6)28-42-98/h7-12,17-28,31-66,99-100H,1-6,13-16,29-30,67-80H2. The lowest BCUT2D eigenvalue weighted by Crippen LogP contribution is -2.19. The first-order valence-corrected chi connectivity index (χ1v) is 40.0. The molecule has 0 saturated carbocycles. The highest BCUT2D eigenvalue weighted by molar-refractivity contribution is 5.78. The van der Waals surface area contributed by atoms with Gasteiger partial charge in [0.1, 0.15) is 0 Å². The van der Waals surface area contributed by atoms with Crippen LogP contribution < -0.4 is 9.80 Å². The molecule has 0 spiro atoms. The third-order valence-electron chi connectivity index (χ3n) is 20.7. The van der Waals surface area contributed by atoms with E-state index in [0.717, 1.165) is 152 Å². The molecule has 0 aromatic heterocycles. The molecule has 0 radical (unpaired) electrons. The van der Waals surface area contributed by atoms with E-state index in [4.69, 9.17) is 28.4 Å². The number of nitrogens with zero attached hydrogens (tertiary/aromatic N) is 2. The molecule has 8 nitrogen and oxygen atoms in total. The highest BCUT2D eigenvalue weighted by atomic mass is 16.5. The van der Waals surface area contributed by atoms with Gasteiger partial charge in [0, 0.05) is 59.2 Å². The molecule has 578 valence electrons. The summed E-state index contributed by atoms with van der Waals surface area (Å²) in [6.07, 6.45) is 18.2. The summed E-state index contributed by atoms with van der Waals surface area (Å²) in [7, 11) is 0. The minimum absolute atomic E-state index is 0.126. The fraction of sp³-hybridized carbons (Fsp3) is 0.208. The third kappa shape index (κ3) is 25.5. The fourth-order valence-corrected chi connectivity index (χ4v) is 14.0. The maximum absolute atomic E-state index is 6.43. The minimum Gasteiger partial charge on any atom is -0.377 e. The molecule has 0 aliphatic rings. The zero-order chi connectivity index (χ0) is 78.7. The van der Waals surface area contributed by atoms with Gasteiger partial charge in [-0.1, -0.05) is 294 Å². The molecule has 0 aliphatic carbocycles. The number of anilines is 6. The molecular weight excluding hydrogens is 1400 g/mol. The summed E-state index contributed by atoms with van der Waals surface area (Å²) in [6, 6.07) is 105. The van der Waals surface area contributed by atoms with Crippen LogP contribution in [-0.2, 0) is 107 Å². The first-order chi connectivity index (χ1) is 56.1. The van der Waals surface area contributed by atoms with Crippen molar-refractivity contribution in [2.45, 2.75) is 91.0 Å². The van der Waals surface area contributed by atoms with Crippen LogP contribution in [0.5, 0.6) is 0 Å². The van der Waals surface area contributed by atoms with Crippen molar-refractivity contribution in [3.8, 4) is 0 Å². The summed E-state index contributed by atoms with van der Waals surface area (Å²) < 4.78 is 38.0. The molecule has 0 heterocycles. The van der Waals surface area contributed by atoms with Gasteiger partial charge in [0.05, 0.1) is 66.1 Å². The van der Waals surface area contributed by atoms with Crippen molar-refractivity contribution in [2.24, 2.45) is 11.8 Å². The van der Waals surface area contributed by atoms with Crippen molar-refractivity contribution in [3.63, 3.8) is 0 Å². The number of rotatable bonds is 47. The van der Waals surface area contributed by atoms with Crippen LogP contribution in [0.2, 0.25) is 0 Å². The zero-order valence-corrected chi connectivity index (χ0v) is 66.1. The topological polar surface area (TPSA) is 61.9 Å². The molecule has 12 rings (SSSR count). The van der Waals surface area contributed by atoms with E-state index in [1.165, 1.54) is 33.4 Å². The zero-order valence-electron chi connectivity index (χ0n) is 66.1. The van der Waals surface area contributed by atoms with Crippen molar-refractivity contribution >= 4 is 70.6 Å². The molecule has 0 N–H and O–H groups in total. The van der Waals surface area contributed by atoms with Gasteiger partial charge in [0.2, 0.25) is 0 Å². The Labute approximate surface area is 678 Å². The molecule has 114 heavy (non-hydrogen) atoms. The van der Waals surface area contributed by atoms with Gasteiger partial charge in [-0.25, -0.2) is 0 Å². The second kappa shape index (κ2) is 44.0. The Morgan fingerprint density at radius 1 is 0.202 bits per heavy atom.